The molecule has 1 saturated carbocycles. The summed E-state index contributed by atoms with van der Waals surface area (Å²) in [6.45, 7) is 0. The molecular formula is C14H11FIN3O. The van der Waals surface area contributed by atoms with Crippen molar-refractivity contribution in [2.75, 3.05) is 4.90 Å². The second-order valence-electron chi connectivity index (χ2n) is 5.30. The van der Waals surface area contributed by atoms with Gasteiger partial charge in [-0.25, -0.2) is 4.39 Å². The number of anilines is 2. The summed E-state index contributed by atoms with van der Waals surface area (Å²) >= 11 is 2.15. The van der Waals surface area contributed by atoms with Crippen LogP contribution in [0.1, 0.15) is 18.4 Å². The van der Waals surface area contributed by atoms with Crippen molar-refractivity contribution in [3.63, 3.8) is 0 Å². The van der Waals surface area contributed by atoms with Gasteiger partial charge in [-0.3, -0.25) is 14.4 Å². The molecule has 2 aliphatic rings. The van der Waals surface area contributed by atoms with Crippen LogP contribution in [0, 0.1) is 9.39 Å². The zero-order valence-corrected chi connectivity index (χ0v) is 12.9. The standard InChI is InChI=1S/C14H11FIN3O/c1-18-12(9(16)7-17-18)19-10-4-2-3-8(15)11(10)14(5-6-14)13(19)20/h2-4,7H,5-6H2,1H3. The summed E-state index contributed by atoms with van der Waals surface area (Å²) in [7, 11) is 1.79. The normalized spacial score (nSPS) is 18.8. The van der Waals surface area contributed by atoms with Crippen LogP contribution in [-0.2, 0) is 17.3 Å². The Kier molecular flexibility index (Phi) is 2.34. The van der Waals surface area contributed by atoms with Crippen molar-refractivity contribution < 1.29 is 9.18 Å². The van der Waals surface area contributed by atoms with E-state index in [4.69, 9.17) is 0 Å². The molecule has 2 aromatic rings. The Morgan fingerprint density at radius 2 is 2.15 bits per heavy atom. The highest BCUT2D eigenvalue weighted by Gasteiger charge is 2.61. The summed E-state index contributed by atoms with van der Waals surface area (Å²) in [5.41, 5.74) is 0.588. The molecule has 6 heteroatoms. The van der Waals surface area contributed by atoms with Gasteiger partial charge >= 0.3 is 0 Å². The molecule has 20 heavy (non-hydrogen) atoms. The first-order valence-electron chi connectivity index (χ1n) is 6.37. The lowest BCUT2D eigenvalue weighted by atomic mass is 9.97. The number of carbonyl (C=O) groups excluding carboxylic acids is 1. The first-order chi connectivity index (χ1) is 9.56. The minimum absolute atomic E-state index is 0.0286. The van der Waals surface area contributed by atoms with E-state index in [2.05, 4.69) is 27.7 Å². The Hall–Kier alpha value is -1.44. The van der Waals surface area contributed by atoms with Crippen LogP contribution in [-0.4, -0.2) is 15.7 Å². The monoisotopic (exact) mass is 383 g/mol. The van der Waals surface area contributed by atoms with Crippen molar-refractivity contribution in [2.24, 2.45) is 7.05 Å². The number of fused-ring (bicyclic) bond motifs is 2. The van der Waals surface area contributed by atoms with E-state index >= 15 is 0 Å². The van der Waals surface area contributed by atoms with Crippen molar-refractivity contribution >= 4 is 40.0 Å². The summed E-state index contributed by atoms with van der Waals surface area (Å²) < 4.78 is 16.8. The molecule has 1 spiro atoms. The Morgan fingerprint density at radius 3 is 2.75 bits per heavy atom. The molecule has 0 N–H and O–H groups in total. The highest BCUT2D eigenvalue weighted by atomic mass is 127. The fraction of sp³-hybridized carbons (Fsp3) is 0.286. The zero-order valence-electron chi connectivity index (χ0n) is 10.7. The minimum Gasteiger partial charge on any atom is -0.273 e. The molecule has 4 nitrogen and oxygen atoms in total. The summed E-state index contributed by atoms with van der Waals surface area (Å²) in [6, 6.07) is 4.90. The Morgan fingerprint density at radius 1 is 1.40 bits per heavy atom. The molecule has 1 amide bonds. The molecule has 0 atom stereocenters. The number of benzene rings is 1. The second-order valence-corrected chi connectivity index (χ2v) is 6.46. The minimum atomic E-state index is -0.631. The lowest BCUT2D eigenvalue weighted by Gasteiger charge is -2.18. The number of halogens is 2. The van der Waals surface area contributed by atoms with E-state index in [1.165, 1.54) is 6.07 Å². The fourth-order valence-corrected chi connectivity index (χ4v) is 3.77. The number of aromatic nitrogens is 2. The first kappa shape index (κ1) is 12.3. The van der Waals surface area contributed by atoms with Crippen LogP contribution < -0.4 is 4.90 Å². The van der Waals surface area contributed by atoms with Crippen molar-refractivity contribution in [1.29, 1.82) is 0 Å². The Bertz CT molecular complexity index is 731. The van der Waals surface area contributed by atoms with Gasteiger partial charge in [-0.05, 0) is 47.6 Å². The van der Waals surface area contributed by atoms with Crippen LogP contribution in [0.3, 0.4) is 0 Å². The first-order valence-corrected chi connectivity index (χ1v) is 7.45. The SMILES string of the molecule is Cn1ncc(I)c1N1C(=O)C2(CC2)c2c(F)cccc21. The molecule has 0 unspecified atom stereocenters. The Balaban J connectivity index is 2.00. The average molecular weight is 383 g/mol. The van der Waals surface area contributed by atoms with Crippen molar-refractivity contribution in [3.05, 3.63) is 39.3 Å². The van der Waals surface area contributed by atoms with Gasteiger partial charge in [-0.15, -0.1) is 0 Å². The molecule has 4 rings (SSSR count). The van der Waals surface area contributed by atoms with Gasteiger partial charge in [0.25, 0.3) is 0 Å². The summed E-state index contributed by atoms with van der Waals surface area (Å²) in [5, 5.41) is 4.18. The van der Waals surface area contributed by atoms with Gasteiger partial charge in [0.2, 0.25) is 5.91 Å². The third-order valence-corrected chi connectivity index (χ3v) is 4.91. The summed E-state index contributed by atoms with van der Waals surface area (Å²) in [4.78, 5) is 14.4. The third kappa shape index (κ3) is 1.35. The molecule has 0 radical (unpaired) electrons. The molecule has 1 aliphatic heterocycles. The van der Waals surface area contributed by atoms with Crippen molar-refractivity contribution in [2.45, 2.75) is 18.3 Å². The van der Waals surface area contributed by atoms with Crippen LogP contribution in [0.15, 0.2) is 24.4 Å². The number of carbonyl (C=O) groups is 1. The molecular weight excluding hydrogens is 372 g/mol. The third-order valence-electron chi connectivity index (χ3n) is 4.15. The highest BCUT2D eigenvalue weighted by Crippen LogP contribution is 2.59. The molecule has 1 fully saturated rings. The van der Waals surface area contributed by atoms with Gasteiger partial charge in [0.1, 0.15) is 5.82 Å². The van der Waals surface area contributed by atoms with E-state index in [1.54, 1.807) is 28.9 Å². The molecule has 1 aromatic heterocycles. The molecule has 102 valence electrons. The lowest BCUT2D eigenvalue weighted by Crippen LogP contribution is -2.30. The molecule has 0 bridgehead atoms. The zero-order chi connectivity index (χ0) is 14.1. The van der Waals surface area contributed by atoms with Crippen LogP contribution in [0.25, 0.3) is 0 Å². The van der Waals surface area contributed by atoms with Crippen LogP contribution in [0.2, 0.25) is 0 Å². The van der Waals surface area contributed by atoms with Gasteiger partial charge in [0.15, 0.2) is 5.82 Å². The predicted octanol–water partition coefficient (Wildman–Crippen LogP) is 2.87. The molecule has 1 aliphatic carbocycles. The number of hydrogen-bond donors (Lipinski definition) is 0. The van der Waals surface area contributed by atoms with E-state index in [1.807, 2.05) is 6.07 Å². The van der Waals surface area contributed by atoms with Crippen LogP contribution >= 0.6 is 22.6 Å². The number of amides is 1. The van der Waals surface area contributed by atoms with E-state index in [0.717, 1.165) is 16.4 Å². The molecule has 0 saturated heterocycles. The fourth-order valence-electron chi connectivity index (χ4n) is 3.06. The number of rotatable bonds is 1. The van der Waals surface area contributed by atoms with Crippen molar-refractivity contribution in [1.82, 2.24) is 9.78 Å². The van der Waals surface area contributed by atoms with Crippen LogP contribution in [0.5, 0.6) is 0 Å². The number of aryl methyl sites for hydroxylation is 1. The highest BCUT2D eigenvalue weighted by molar-refractivity contribution is 14.1. The van der Waals surface area contributed by atoms with E-state index in [9.17, 15) is 9.18 Å². The van der Waals surface area contributed by atoms with E-state index < -0.39 is 5.41 Å². The molecule has 2 heterocycles. The maximum Gasteiger partial charge on any atom is 0.243 e. The van der Waals surface area contributed by atoms with Gasteiger partial charge in [-0.1, -0.05) is 6.07 Å². The summed E-state index contributed by atoms with van der Waals surface area (Å²) in [5.74, 6) is 0.401. The van der Waals surface area contributed by atoms with Crippen molar-refractivity contribution in [3.8, 4) is 0 Å². The smallest absolute Gasteiger partial charge is 0.243 e. The van der Waals surface area contributed by atoms with Gasteiger partial charge in [0.05, 0.1) is 20.9 Å². The van der Waals surface area contributed by atoms with Gasteiger partial charge in [0, 0.05) is 12.6 Å². The quantitative estimate of drug-likeness (QED) is 0.711. The topological polar surface area (TPSA) is 38.1 Å². The van der Waals surface area contributed by atoms with E-state index in [0.29, 0.717) is 17.1 Å². The average Bonchev–Trinajstić information content (AvgIpc) is 3.10. The Labute approximate surface area is 128 Å². The lowest BCUT2D eigenvalue weighted by molar-refractivity contribution is -0.119. The largest absolute Gasteiger partial charge is 0.273 e. The molecule has 1 aromatic carbocycles. The number of nitrogens with zero attached hydrogens (tertiary/aromatic N) is 3. The maximum absolute atomic E-state index is 14.2. The maximum atomic E-state index is 14.2. The summed E-state index contributed by atoms with van der Waals surface area (Å²) in [6.07, 6.45) is 3.16. The van der Waals surface area contributed by atoms with E-state index in [-0.39, 0.29) is 11.7 Å². The van der Waals surface area contributed by atoms with Gasteiger partial charge < -0.3 is 0 Å². The second kappa shape index (κ2) is 3.81. The predicted molar refractivity (Wildman–Crippen MR) is 80.4 cm³/mol. The van der Waals surface area contributed by atoms with Crippen LogP contribution in [0.4, 0.5) is 15.9 Å². The number of hydrogen-bond acceptors (Lipinski definition) is 2. The van der Waals surface area contributed by atoms with Gasteiger partial charge in [-0.2, -0.15) is 5.10 Å².